The zero-order chi connectivity index (χ0) is 14.4. The number of likely N-dealkylation sites (N-methyl/N-ethyl adjacent to an activating group) is 1. The van der Waals surface area contributed by atoms with Crippen molar-refractivity contribution in [1.29, 1.82) is 0 Å². The summed E-state index contributed by atoms with van der Waals surface area (Å²) in [5.74, 6) is 0.0121. The number of rotatable bonds is 6. The molecule has 0 atom stereocenters. The Kier molecular flexibility index (Phi) is 4.76. The van der Waals surface area contributed by atoms with Crippen LogP contribution in [0.15, 0.2) is 36.7 Å². The van der Waals surface area contributed by atoms with E-state index in [9.17, 15) is 4.79 Å². The standard InChI is InChI=1S/C15H20N4O/c1-3-19-11-12(10-18-19)9-17-14-7-5-4-6-13(14)8-15(20)16-2/h4-7,10-11,17H,3,8-9H2,1-2H3,(H,16,20). The van der Waals surface area contributed by atoms with Gasteiger partial charge >= 0.3 is 0 Å². The number of benzene rings is 1. The van der Waals surface area contributed by atoms with E-state index >= 15 is 0 Å². The van der Waals surface area contributed by atoms with Gasteiger partial charge in [0.1, 0.15) is 0 Å². The van der Waals surface area contributed by atoms with Crippen LogP contribution in [0.25, 0.3) is 0 Å². The molecule has 1 aromatic heterocycles. The van der Waals surface area contributed by atoms with Crippen LogP contribution in [0.3, 0.4) is 0 Å². The number of nitrogens with one attached hydrogen (secondary N) is 2. The molecular formula is C15H20N4O. The summed E-state index contributed by atoms with van der Waals surface area (Å²) in [6.07, 6.45) is 4.26. The minimum atomic E-state index is 0.0121. The van der Waals surface area contributed by atoms with Crippen LogP contribution in [0.1, 0.15) is 18.1 Å². The van der Waals surface area contributed by atoms with Crippen molar-refractivity contribution >= 4 is 11.6 Å². The van der Waals surface area contributed by atoms with Crippen LogP contribution in [-0.4, -0.2) is 22.7 Å². The van der Waals surface area contributed by atoms with Crippen molar-refractivity contribution in [2.45, 2.75) is 26.4 Å². The molecule has 2 aromatic rings. The molecule has 0 aliphatic carbocycles. The van der Waals surface area contributed by atoms with E-state index < -0.39 is 0 Å². The Labute approximate surface area is 119 Å². The average molecular weight is 272 g/mol. The van der Waals surface area contributed by atoms with Crippen LogP contribution in [0.4, 0.5) is 5.69 Å². The van der Waals surface area contributed by atoms with Crippen molar-refractivity contribution in [2.75, 3.05) is 12.4 Å². The van der Waals surface area contributed by atoms with Crippen LogP contribution < -0.4 is 10.6 Å². The van der Waals surface area contributed by atoms with Crippen LogP contribution in [0.2, 0.25) is 0 Å². The van der Waals surface area contributed by atoms with Crippen LogP contribution in [0, 0.1) is 0 Å². The third-order valence-corrected chi connectivity index (χ3v) is 3.14. The molecule has 0 bridgehead atoms. The average Bonchev–Trinajstić information content (AvgIpc) is 2.94. The van der Waals surface area contributed by atoms with E-state index in [0.29, 0.717) is 13.0 Å². The summed E-state index contributed by atoms with van der Waals surface area (Å²) in [6, 6.07) is 7.86. The summed E-state index contributed by atoms with van der Waals surface area (Å²) in [4.78, 5) is 11.5. The molecule has 2 N–H and O–H groups in total. The van der Waals surface area contributed by atoms with Gasteiger partial charge in [0.15, 0.2) is 0 Å². The maximum absolute atomic E-state index is 11.5. The summed E-state index contributed by atoms with van der Waals surface area (Å²) < 4.78 is 1.90. The van der Waals surface area contributed by atoms with Gasteiger partial charge in [0, 0.05) is 37.6 Å². The Morgan fingerprint density at radius 3 is 2.85 bits per heavy atom. The molecule has 1 amide bonds. The molecule has 1 aromatic carbocycles. The highest BCUT2D eigenvalue weighted by molar-refractivity contribution is 5.80. The molecule has 5 nitrogen and oxygen atoms in total. The molecule has 0 saturated heterocycles. The molecule has 0 radical (unpaired) electrons. The minimum Gasteiger partial charge on any atom is -0.381 e. The lowest BCUT2D eigenvalue weighted by atomic mass is 10.1. The molecule has 106 valence electrons. The van der Waals surface area contributed by atoms with E-state index in [1.165, 1.54) is 0 Å². The van der Waals surface area contributed by atoms with Gasteiger partial charge in [-0.2, -0.15) is 5.10 Å². The molecule has 0 spiro atoms. The van der Waals surface area contributed by atoms with Gasteiger partial charge in [0.2, 0.25) is 5.91 Å². The molecular weight excluding hydrogens is 252 g/mol. The number of hydrogen-bond acceptors (Lipinski definition) is 3. The summed E-state index contributed by atoms with van der Waals surface area (Å²) in [5.41, 5.74) is 3.11. The van der Waals surface area contributed by atoms with Crippen molar-refractivity contribution in [1.82, 2.24) is 15.1 Å². The Balaban J connectivity index is 2.03. The number of nitrogens with zero attached hydrogens (tertiary/aromatic N) is 2. The predicted octanol–water partition coefficient (Wildman–Crippen LogP) is 1.80. The van der Waals surface area contributed by atoms with Gasteiger partial charge in [-0.05, 0) is 18.6 Å². The number of aryl methyl sites for hydroxylation is 1. The third-order valence-electron chi connectivity index (χ3n) is 3.14. The fraction of sp³-hybridized carbons (Fsp3) is 0.333. The number of carbonyl (C=O) groups is 1. The number of para-hydroxylation sites is 1. The van der Waals surface area contributed by atoms with Gasteiger partial charge in [-0.15, -0.1) is 0 Å². The number of anilines is 1. The second-order valence-electron chi connectivity index (χ2n) is 4.56. The fourth-order valence-electron chi connectivity index (χ4n) is 1.98. The molecule has 5 heteroatoms. The lowest BCUT2D eigenvalue weighted by Gasteiger charge is -2.10. The molecule has 0 unspecified atom stereocenters. The van der Waals surface area contributed by atoms with Gasteiger partial charge in [0.25, 0.3) is 0 Å². The first-order valence-electron chi connectivity index (χ1n) is 6.76. The second-order valence-corrected chi connectivity index (χ2v) is 4.56. The van der Waals surface area contributed by atoms with Crippen molar-refractivity contribution in [2.24, 2.45) is 0 Å². The van der Waals surface area contributed by atoms with Crippen molar-refractivity contribution in [3.05, 3.63) is 47.8 Å². The van der Waals surface area contributed by atoms with Crippen LogP contribution in [-0.2, 0) is 24.3 Å². The number of carbonyl (C=O) groups excluding carboxylic acids is 1. The molecule has 20 heavy (non-hydrogen) atoms. The predicted molar refractivity (Wildman–Crippen MR) is 79.4 cm³/mol. The van der Waals surface area contributed by atoms with Crippen molar-refractivity contribution < 1.29 is 4.79 Å². The quantitative estimate of drug-likeness (QED) is 0.843. The van der Waals surface area contributed by atoms with Crippen molar-refractivity contribution in [3.63, 3.8) is 0 Å². The Bertz CT molecular complexity index is 577. The van der Waals surface area contributed by atoms with Gasteiger partial charge in [-0.1, -0.05) is 18.2 Å². The normalized spacial score (nSPS) is 10.3. The highest BCUT2D eigenvalue weighted by Gasteiger charge is 2.06. The summed E-state index contributed by atoms with van der Waals surface area (Å²) in [6.45, 7) is 3.63. The van der Waals surface area contributed by atoms with Crippen LogP contribution in [0.5, 0.6) is 0 Å². The van der Waals surface area contributed by atoms with E-state index in [1.807, 2.05) is 41.3 Å². The molecule has 2 rings (SSSR count). The second kappa shape index (κ2) is 6.75. The molecule has 0 saturated carbocycles. The van der Waals surface area contributed by atoms with Crippen LogP contribution >= 0.6 is 0 Å². The van der Waals surface area contributed by atoms with Gasteiger partial charge < -0.3 is 10.6 Å². The minimum absolute atomic E-state index is 0.0121. The first kappa shape index (κ1) is 14.1. The summed E-state index contributed by atoms with van der Waals surface area (Å²) in [7, 11) is 1.65. The van der Waals surface area contributed by atoms with E-state index in [2.05, 4.69) is 22.7 Å². The largest absolute Gasteiger partial charge is 0.381 e. The number of hydrogen-bond donors (Lipinski definition) is 2. The smallest absolute Gasteiger partial charge is 0.224 e. The summed E-state index contributed by atoms with van der Waals surface area (Å²) >= 11 is 0. The lowest BCUT2D eigenvalue weighted by Crippen LogP contribution is -2.20. The molecule has 1 heterocycles. The zero-order valence-corrected chi connectivity index (χ0v) is 11.9. The summed E-state index contributed by atoms with van der Waals surface area (Å²) in [5, 5.41) is 10.3. The molecule has 0 aliphatic heterocycles. The Hall–Kier alpha value is -2.30. The maximum atomic E-state index is 11.5. The first-order chi connectivity index (χ1) is 9.72. The Morgan fingerprint density at radius 2 is 2.15 bits per heavy atom. The topological polar surface area (TPSA) is 59.0 Å². The van der Waals surface area contributed by atoms with E-state index in [1.54, 1.807) is 7.05 Å². The maximum Gasteiger partial charge on any atom is 0.224 e. The highest BCUT2D eigenvalue weighted by Crippen LogP contribution is 2.16. The highest BCUT2D eigenvalue weighted by atomic mass is 16.1. The van der Waals surface area contributed by atoms with E-state index in [4.69, 9.17) is 0 Å². The van der Waals surface area contributed by atoms with Gasteiger partial charge in [-0.25, -0.2) is 0 Å². The number of amides is 1. The SMILES string of the molecule is CCn1cc(CNc2ccccc2CC(=O)NC)cn1. The monoisotopic (exact) mass is 272 g/mol. The van der Waals surface area contributed by atoms with Crippen molar-refractivity contribution in [3.8, 4) is 0 Å². The fourth-order valence-corrected chi connectivity index (χ4v) is 1.98. The van der Waals surface area contributed by atoms with E-state index in [0.717, 1.165) is 23.4 Å². The lowest BCUT2D eigenvalue weighted by molar-refractivity contribution is -0.119. The zero-order valence-electron chi connectivity index (χ0n) is 11.9. The van der Waals surface area contributed by atoms with Gasteiger partial charge in [-0.3, -0.25) is 9.48 Å². The molecule has 0 fully saturated rings. The number of aromatic nitrogens is 2. The Morgan fingerprint density at radius 1 is 1.35 bits per heavy atom. The van der Waals surface area contributed by atoms with Gasteiger partial charge in [0.05, 0.1) is 12.6 Å². The molecule has 0 aliphatic rings. The third kappa shape index (κ3) is 3.60. The van der Waals surface area contributed by atoms with E-state index in [-0.39, 0.29) is 5.91 Å². The first-order valence-corrected chi connectivity index (χ1v) is 6.76.